The zero-order valence-corrected chi connectivity index (χ0v) is 10.8. The molecule has 2 aromatic rings. The summed E-state index contributed by atoms with van der Waals surface area (Å²) in [5.41, 5.74) is 0.904. The predicted molar refractivity (Wildman–Crippen MR) is 73.9 cm³/mol. The maximum absolute atomic E-state index is 12.2. The first-order valence-corrected chi connectivity index (χ1v) is 5.94. The Hall–Kier alpha value is -1.55. The molecule has 0 fully saturated rings. The number of hydrogen-bond acceptors (Lipinski definition) is 2. The smallest absolute Gasteiger partial charge is 0.267 e. The Morgan fingerprint density at radius 2 is 1.72 bits per heavy atom. The van der Waals surface area contributed by atoms with Crippen LogP contribution in [0.4, 0.5) is 5.69 Å². The number of nitrogens with two attached hydrogens (primary N) is 1. The molecule has 0 saturated heterocycles. The molecule has 0 aromatic heterocycles. The van der Waals surface area contributed by atoms with Crippen molar-refractivity contribution in [1.82, 2.24) is 0 Å². The number of anilines is 1. The summed E-state index contributed by atoms with van der Waals surface area (Å²) in [6.07, 6.45) is 0. The number of rotatable bonds is 2. The van der Waals surface area contributed by atoms with Crippen LogP contribution < -0.4 is 10.9 Å². The molecule has 3 nitrogen and oxygen atoms in total. The van der Waals surface area contributed by atoms with E-state index in [0.29, 0.717) is 16.3 Å². The van der Waals surface area contributed by atoms with E-state index in [1.165, 1.54) is 6.07 Å². The predicted octanol–water partition coefficient (Wildman–Crippen LogP) is 3.51. The minimum absolute atomic E-state index is 0.277. The van der Waals surface area contributed by atoms with E-state index in [-0.39, 0.29) is 10.9 Å². The molecule has 0 radical (unpaired) electrons. The van der Waals surface area contributed by atoms with Gasteiger partial charge in [0.1, 0.15) is 0 Å². The van der Waals surface area contributed by atoms with Crippen LogP contribution in [-0.4, -0.2) is 5.91 Å². The third-order valence-electron chi connectivity index (χ3n) is 2.41. The van der Waals surface area contributed by atoms with E-state index in [0.717, 1.165) is 5.01 Å². The monoisotopic (exact) mass is 280 g/mol. The number of amides is 1. The molecule has 0 spiro atoms. The fraction of sp³-hybridized carbons (Fsp3) is 0. The van der Waals surface area contributed by atoms with Crippen LogP contribution in [0.15, 0.2) is 48.5 Å². The summed E-state index contributed by atoms with van der Waals surface area (Å²) >= 11 is 11.7. The second-order valence-electron chi connectivity index (χ2n) is 3.63. The van der Waals surface area contributed by atoms with Gasteiger partial charge in [-0.2, -0.15) is 0 Å². The van der Waals surface area contributed by atoms with Gasteiger partial charge in [0.25, 0.3) is 5.91 Å². The van der Waals surface area contributed by atoms with Gasteiger partial charge in [0.2, 0.25) is 0 Å². The van der Waals surface area contributed by atoms with Gasteiger partial charge < -0.3 is 0 Å². The first-order valence-electron chi connectivity index (χ1n) is 5.19. The summed E-state index contributed by atoms with van der Waals surface area (Å²) in [6.45, 7) is 0. The number of benzene rings is 2. The van der Waals surface area contributed by atoms with Gasteiger partial charge in [-0.15, -0.1) is 0 Å². The number of nitrogens with zero attached hydrogens (tertiary/aromatic N) is 1. The van der Waals surface area contributed by atoms with Crippen LogP contribution in [0.25, 0.3) is 0 Å². The number of para-hydroxylation sites is 1. The number of hydrogen-bond donors (Lipinski definition) is 1. The van der Waals surface area contributed by atoms with Gasteiger partial charge in [0.05, 0.1) is 16.3 Å². The van der Waals surface area contributed by atoms with Crippen molar-refractivity contribution in [3.05, 3.63) is 64.1 Å². The first kappa shape index (κ1) is 12.9. The van der Waals surface area contributed by atoms with E-state index in [9.17, 15) is 4.79 Å². The van der Waals surface area contributed by atoms with Crippen LogP contribution in [0.2, 0.25) is 10.0 Å². The molecular formula is C13H10Cl2N2O. The van der Waals surface area contributed by atoms with Crippen LogP contribution in [0, 0.1) is 0 Å². The van der Waals surface area contributed by atoms with Crippen LogP contribution in [0.1, 0.15) is 10.4 Å². The highest BCUT2D eigenvalue weighted by Crippen LogP contribution is 2.23. The molecule has 0 atom stereocenters. The SMILES string of the molecule is NN(C(=O)c1ccc(Cl)cc1Cl)c1ccccc1. The molecule has 0 aliphatic rings. The zero-order chi connectivity index (χ0) is 13.1. The van der Waals surface area contributed by atoms with Gasteiger partial charge in [0.15, 0.2) is 0 Å². The quantitative estimate of drug-likeness (QED) is 0.520. The highest BCUT2D eigenvalue weighted by Gasteiger charge is 2.17. The first-order chi connectivity index (χ1) is 8.59. The number of hydrazine groups is 1. The molecule has 0 heterocycles. The molecular weight excluding hydrogens is 271 g/mol. The molecule has 2 aromatic carbocycles. The van der Waals surface area contributed by atoms with Crippen molar-refractivity contribution in [3.8, 4) is 0 Å². The van der Waals surface area contributed by atoms with Crippen molar-refractivity contribution in [2.24, 2.45) is 5.84 Å². The molecule has 5 heteroatoms. The van der Waals surface area contributed by atoms with Crippen molar-refractivity contribution < 1.29 is 4.79 Å². The van der Waals surface area contributed by atoms with Gasteiger partial charge >= 0.3 is 0 Å². The lowest BCUT2D eigenvalue weighted by Crippen LogP contribution is -2.37. The fourth-order valence-corrected chi connectivity index (χ4v) is 1.99. The van der Waals surface area contributed by atoms with Crippen molar-refractivity contribution in [2.45, 2.75) is 0 Å². The second kappa shape index (κ2) is 5.40. The molecule has 92 valence electrons. The molecule has 0 bridgehead atoms. The largest absolute Gasteiger partial charge is 0.273 e. The number of carbonyl (C=O) groups excluding carboxylic acids is 1. The van der Waals surface area contributed by atoms with Gasteiger partial charge in [-0.3, -0.25) is 4.79 Å². The molecule has 2 rings (SSSR count). The van der Waals surface area contributed by atoms with E-state index in [4.69, 9.17) is 29.0 Å². The van der Waals surface area contributed by atoms with E-state index in [2.05, 4.69) is 0 Å². The lowest BCUT2D eigenvalue weighted by Gasteiger charge is -2.17. The number of halogens is 2. The normalized spacial score (nSPS) is 10.2. The Morgan fingerprint density at radius 1 is 1.06 bits per heavy atom. The minimum atomic E-state index is -0.386. The standard InChI is InChI=1S/C13H10Cl2N2O/c14-9-6-7-11(12(15)8-9)13(18)17(16)10-4-2-1-3-5-10/h1-8H,16H2. The molecule has 0 unspecified atom stereocenters. The summed E-state index contributed by atoms with van der Waals surface area (Å²) in [7, 11) is 0. The topological polar surface area (TPSA) is 46.3 Å². The van der Waals surface area contributed by atoms with E-state index in [1.807, 2.05) is 6.07 Å². The van der Waals surface area contributed by atoms with E-state index in [1.54, 1.807) is 36.4 Å². The van der Waals surface area contributed by atoms with Crippen molar-refractivity contribution in [2.75, 3.05) is 5.01 Å². The lowest BCUT2D eigenvalue weighted by atomic mass is 10.2. The second-order valence-corrected chi connectivity index (χ2v) is 4.48. The Labute approximate surface area is 115 Å². The summed E-state index contributed by atoms with van der Waals surface area (Å²) < 4.78 is 0. The number of carbonyl (C=O) groups is 1. The maximum Gasteiger partial charge on any atom is 0.273 e. The average Bonchev–Trinajstić information content (AvgIpc) is 2.38. The third kappa shape index (κ3) is 2.64. The Balaban J connectivity index is 2.32. The van der Waals surface area contributed by atoms with Crippen molar-refractivity contribution in [3.63, 3.8) is 0 Å². The van der Waals surface area contributed by atoms with Crippen LogP contribution in [-0.2, 0) is 0 Å². The third-order valence-corrected chi connectivity index (χ3v) is 2.96. The minimum Gasteiger partial charge on any atom is -0.267 e. The van der Waals surface area contributed by atoms with Crippen molar-refractivity contribution >= 4 is 34.8 Å². The lowest BCUT2D eigenvalue weighted by molar-refractivity contribution is 0.0987. The van der Waals surface area contributed by atoms with Gasteiger partial charge in [-0.1, -0.05) is 41.4 Å². The molecule has 2 N–H and O–H groups in total. The van der Waals surface area contributed by atoms with Gasteiger partial charge in [-0.05, 0) is 30.3 Å². The van der Waals surface area contributed by atoms with E-state index >= 15 is 0 Å². The highest BCUT2D eigenvalue weighted by atomic mass is 35.5. The maximum atomic E-state index is 12.2. The van der Waals surface area contributed by atoms with Crippen LogP contribution in [0.5, 0.6) is 0 Å². The Kier molecular flexibility index (Phi) is 3.87. The van der Waals surface area contributed by atoms with Crippen LogP contribution in [0.3, 0.4) is 0 Å². The Morgan fingerprint density at radius 3 is 2.33 bits per heavy atom. The zero-order valence-electron chi connectivity index (χ0n) is 9.31. The summed E-state index contributed by atoms with van der Waals surface area (Å²) in [4.78, 5) is 12.2. The van der Waals surface area contributed by atoms with Crippen LogP contribution >= 0.6 is 23.2 Å². The summed E-state index contributed by atoms with van der Waals surface area (Å²) in [6, 6.07) is 13.6. The highest BCUT2D eigenvalue weighted by molar-refractivity contribution is 6.37. The van der Waals surface area contributed by atoms with E-state index < -0.39 is 0 Å². The molecule has 0 aliphatic heterocycles. The summed E-state index contributed by atoms with van der Waals surface area (Å²) in [5, 5.41) is 1.80. The van der Waals surface area contributed by atoms with Crippen molar-refractivity contribution in [1.29, 1.82) is 0 Å². The molecule has 18 heavy (non-hydrogen) atoms. The van der Waals surface area contributed by atoms with Gasteiger partial charge in [-0.25, -0.2) is 10.9 Å². The summed E-state index contributed by atoms with van der Waals surface area (Å²) in [5.74, 6) is 5.38. The molecule has 1 amide bonds. The molecule has 0 saturated carbocycles. The fourth-order valence-electron chi connectivity index (χ4n) is 1.50. The van der Waals surface area contributed by atoms with Gasteiger partial charge in [0, 0.05) is 5.02 Å². The average molecular weight is 281 g/mol. The Bertz CT molecular complexity index is 572. The molecule has 0 aliphatic carbocycles.